The minimum absolute atomic E-state index is 0. The molecule has 4 atom stereocenters. The van der Waals surface area contributed by atoms with Crippen LogP contribution < -0.4 is 5.32 Å². The highest BCUT2D eigenvalue weighted by Crippen LogP contribution is 2.15. The molecule has 406 valence electrons. The second-order valence-electron chi connectivity index (χ2n) is 18.4. The number of rotatable bonds is 42. The molecule has 0 saturated carbocycles. The molecule has 0 aliphatic rings. The van der Waals surface area contributed by atoms with Crippen LogP contribution in [0.2, 0.25) is 0 Å². The summed E-state index contributed by atoms with van der Waals surface area (Å²) in [4.78, 5) is 70.4. The van der Waals surface area contributed by atoms with Crippen molar-refractivity contribution in [2.75, 3.05) is 39.5 Å². The lowest BCUT2D eigenvalue weighted by molar-refractivity contribution is -0.655. The van der Waals surface area contributed by atoms with Crippen molar-refractivity contribution in [3.63, 3.8) is 0 Å². The Morgan fingerprint density at radius 2 is 0.750 bits per heavy atom. The highest BCUT2D eigenvalue weighted by Gasteiger charge is 2.22. The summed E-state index contributed by atoms with van der Waals surface area (Å²) in [5.41, 5.74) is 0. The van der Waals surface area contributed by atoms with Gasteiger partial charge in [0, 0.05) is 12.8 Å². The molecular weight excluding hydrogens is 867 g/mol. The van der Waals surface area contributed by atoms with Gasteiger partial charge in [-0.25, -0.2) is 0 Å². The second kappa shape index (κ2) is 58.1. The lowest BCUT2D eigenvalue weighted by Gasteiger charge is -2.18. The van der Waals surface area contributed by atoms with E-state index in [0.29, 0.717) is 25.9 Å². The Balaban J connectivity index is -0.000000520. The van der Waals surface area contributed by atoms with Gasteiger partial charge in [0.15, 0.2) is 12.2 Å². The van der Waals surface area contributed by atoms with Crippen LogP contribution in [-0.4, -0.2) is 88.5 Å². The average molecular weight is 977 g/mol. The molecule has 0 bridgehead atoms. The molecule has 4 unspecified atom stereocenters. The molecule has 13 heteroatoms. The van der Waals surface area contributed by atoms with Gasteiger partial charge in [-0.3, -0.25) is 28.8 Å². The highest BCUT2D eigenvalue weighted by atomic mass is 16.6. The average Bonchev–Trinajstić information content (AvgIpc) is 3.31. The van der Waals surface area contributed by atoms with Crippen molar-refractivity contribution in [3.8, 4) is 0 Å². The summed E-state index contributed by atoms with van der Waals surface area (Å²) < 4.78 is 30.8. The lowest BCUT2D eigenvalue weighted by Crippen LogP contribution is -2.84. The van der Waals surface area contributed by atoms with Crippen LogP contribution in [0.15, 0.2) is 0 Å². The Bertz CT molecular complexity index is 1030. The molecule has 0 amide bonds. The largest absolute Gasteiger partial charge is 0.464 e. The molecule has 0 saturated heterocycles. The molecule has 68 heavy (non-hydrogen) atoms. The number of hydrogen-bond donors (Lipinski definition) is 1. The van der Waals surface area contributed by atoms with E-state index in [2.05, 4.69) is 55.4 Å². The molecule has 0 rings (SSSR count). The van der Waals surface area contributed by atoms with Gasteiger partial charge in [-0.1, -0.05) is 206 Å². The maximum Gasteiger partial charge on any atom is 0.308 e. The zero-order valence-electron chi connectivity index (χ0n) is 45.3. The van der Waals surface area contributed by atoms with E-state index in [1.807, 2.05) is 19.2 Å². The molecular formula is C55H110NO12+. The van der Waals surface area contributed by atoms with Crippen LogP contribution in [0.1, 0.15) is 245 Å². The maximum absolute atomic E-state index is 12.3. The fourth-order valence-electron chi connectivity index (χ4n) is 6.52. The molecule has 0 heterocycles. The first-order valence-corrected chi connectivity index (χ1v) is 26.9. The molecule has 0 aromatic heterocycles. The maximum atomic E-state index is 12.3. The summed E-state index contributed by atoms with van der Waals surface area (Å²) in [6.45, 7) is 26.4. The predicted molar refractivity (Wildman–Crippen MR) is 277 cm³/mol. The zero-order chi connectivity index (χ0) is 51.4. The molecule has 0 aliphatic heterocycles. The number of esters is 4. The van der Waals surface area contributed by atoms with E-state index in [1.165, 1.54) is 64.2 Å². The standard InChI is InChI=1S/C34H59NO12.2C9H20.C2H6.CH4/c1-5-7-9-11-15-27(3)33(40)44-23-29(21-42-25-36)46-31(38)17-13-19-35-20-14-18-32(39)47-30(22-43-26-37)24-45-34(41)28(4)16-12-10-8-6-2;2*1-4-5-6-7-8-9(2)3;1-2;/h25-30,35H,5-24H2,1-4H3;2*9H,4-8H2,1-3H3;1-2H3;1H4/p+1. The number of hydrogen-bond acceptors (Lipinski definition) is 12. The smallest absolute Gasteiger partial charge is 0.308 e. The summed E-state index contributed by atoms with van der Waals surface area (Å²) in [6.07, 6.45) is 23.5. The first kappa shape index (κ1) is 73.7. The first-order valence-electron chi connectivity index (χ1n) is 26.9. The summed E-state index contributed by atoms with van der Waals surface area (Å²) in [5.74, 6) is -0.482. The van der Waals surface area contributed by atoms with Gasteiger partial charge in [0.25, 0.3) is 12.9 Å². The minimum Gasteiger partial charge on any atom is -0.464 e. The minimum atomic E-state index is -0.887. The van der Waals surface area contributed by atoms with E-state index < -0.39 is 24.1 Å². The van der Waals surface area contributed by atoms with Crippen molar-refractivity contribution in [1.29, 1.82) is 0 Å². The molecule has 0 radical (unpaired) electrons. The Hall–Kier alpha value is -3.22. The lowest BCUT2D eigenvalue weighted by atomic mass is 10.0. The topological polar surface area (TPSA) is 174 Å². The second-order valence-corrected chi connectivity index (χ2v) is 18.4. The van der Waals surface area contributed by atoms with E-state index in [4.69, 9.17) is 28.4 Å². The third kappa shape index (κ3) is 57.1. The molecule has 0 fully saturated rings. The van der Waals surface area contributed by atoms with Crippen molar-refractivity contribution in [3.05, 3.63) is 0 Å². The third-order valence-electron chi connectivity index (χ3n) is 10.8. The summed E-state index contributed by atoms with van der Waals surface area (Å²) >= 11 is 0. The quantitative estimate of drug-likeness (QED) is 0.0266. The van der Waals surface area contributed by atoms with Crippen molar-refractivity contribution < 1.29 is 62.5 Å². The van der Waals surface area contributed by atoms with Gasteiger partial charge in [0.2, 0.25) is 0 Å². The Kier molecular flexibility index (Phi) is 63.0. The van der Waals surface area contributed by atoms with E-state index >= 15 is 0 Å². The van der Waals surface area contributed by atoms with E-state index in [9.17, 15) is 28.8 Å². The Morgan fingerprint density at radius 1 is 0.441 bits per heavy atom. The van der Waals surface area contributed by atoms with Crippen LogP contribution in [0, 0.1) is 23.7 Å². The normalized spacial score (nSPS) is 12.1. The fraction of sp³-hybridized carbons (Fsp3) is 0.891. The van der Waals surface area contributed by atoms with Crippen molar-refractivity contribution in [2.45, 2.75) is 257 Å². The summed E-state index contributed by atoms with van der Waals surface area (Å²) in [7, 11) is 0. The van der Waals surface area contributed by atoms with E-state index in [0.717, 1.165) is 76.0 Å². The zero-order valence-corrected chi connectivity index (χ0v) is 45.3. The fourth-order valence-corrected chi connectivity index (χ4v) is 6.52. The predicted octanol–water partition coefficient (Wildman–Crippen LogP) is 12.5. The number of unbranched alkanes of at least 4 members (excludes halogenated alkanes) is 12. The molecule has 0 aromatic rings. The van der Waals surface area contributed by atoms with E-state index in [-0.39, 0.29) is 83.4 Å². The third-order valence-corrected chi connectivity index (χ3v) is 10.8. The SMILES string of the molecule is C.CC.CCCCCCC(C)C.CCCCCCC(C)C.CCCCCCC(C)C(=O)OCC(COC=O)OC(=O)CCC[NH2+]CCCC(=O)OC(COC=O)COC(=O)C(C)CCCCCC. The molecule has 0 aromatic carbocycles. The number of ether oxygens (including phenoxy) is 6. The monoisotopic (exact) mass is 977 g/mol. The van der Waals surface area contributed by atoms with Gasteiger partial charge in [0.05, 0.1) is 37.8 Å². The van der Waals surface area contributed by atoms with Crippen molar-refractivity contribution in [2.24, 2.45) is 23.7 Å². The van der Waals surface area contributed by atoms with Gasteiger partial charge in [-0.05, 0) is 24.7 Å². The first-order chi connectivity index (χ1) is 32.2. The molecule has 0 aliphatic carbocycles. The van der Waals surface area contributed by atoms with E-state index in [1.54, 1.807) is 13.8 Å². The van der Waals surface area contributed by atoms with Crippen molar-refractivity contribution in [1.82, 2.24) is 0 Å². The van der Waals surface area contributed by atoms with Gasteiger partial charge < -0.3 is 33.7 Å². The Labute approximate surface area is 418 Å². The van der Waals surface area contributed by atoms with Gasteiger partial charge in [-0.2, -0.15) is 0 Å². The van der Waals surface area contributed by atoms with Crippen LogP contribution in [0.5, 0.6) is 0 Å². The Morgan fingerprint density at radius 3 is 1.03 bits per heavy atom. The van der Waals surface area contributed by atoms with Gasteiger partial charge in [-0.15, -0.1) is 0 Å². The van der Waals surface area contributed by atoms with Crippen LogP contribution in [0.25, 0.3) is 0 Å². The number of nitrogens with two attached hydrogens (primary N) is 1. The number of carbonyl (C=O) groups excluding carboxylic acids is 6. The highest BCUT2D eigenvalue weighted by molar-refractivity contribution is 5.73. The van der Waals surface area contributed by atoms with Gasteiger partial charge in [0.1, 0.15) is 26.4 Å². The van der Waals surface area contributed by atoms with Gasteiger partial charge >= 0.3 is 23.9 Å². The summed E-state index contributed by atoms with van der Waals surface area (Å²) in [5, 5.41) is 1.95. The molecule has 2 N–H and O–H groups in total. The number of carbonyl (C=O) groups is 6. The van der Waals surface area contributed by atoms with Crippen LogP contribution in [0.4, 0.5) is 0 Å². The summed E-state index contributed by atoms with van der Waals surface area (Å²) in [6, 6.07) is 0. The van der Waals surface area contributed by atoms with Crippen molar-refractivity contribution >= 4 is 36.8 Å². The van der Waals surface area contributed by atoms with Crippen LogP contribution in [-0.2, 0) is 57.2 Å². The molecule has 13 nitrogen and oxygen atoms in total. The van der Waals surface area contributed by atoms with Crippen LogP contribution >= 0.6 is 0 Å². The number of quaternary nitrogens is 1. The van der Waals surface area contributed by atoms with Crippen LogP contribution in [0.3, 0.4) is 0 Å². The molecule has 0 spiro atoms.